The lowest BCUT2D eigenvalue weighted by Gasteiger charge is -2.34. The number of carbonyl (C=O) groups is 2. The molecule has 3 atom stereocenters. The van der Waals surface area contributed by atoms with Crippen LogP contribution in [-0.4, -0.2) is 18.2 Å². The van der Waals surface area contributed by atoms with Crippen LogP contribution in [0.4, 0.5) is 5.69 Å². The highest BCUT2D eigenvalue weighted by Crippen LogP contribution is 2.48. The van der Waals surface area contributed by atoms with E-state index in [4.69, 9.17) is 0 Å². The van der Waals surface area contributed by atoms with Crippen LogP contribution >= 0.6 is 0 Å². The number of nitrogens with zero attached hydrogens (tertiary/aromatic N) is 1. The molecule has 0 spiro atoms. The standard InChI is InChI=1S/C26H23NO2/c1-17(28)19-12-13-20-15-23-24(16-27(26(23)29)21-10-6-3-7-11-21)25(22(20)14-19)18-8-4-2-5-9-18/h2-14,23-25H,15-16H2,1H3. The molecule has 2 aliphatic rings. The van der Waals surface area contributed by atoms with E-state index in [9.17, 15) is 9.59 Å². The van der Waals surface area contributed by atoms with E-state index in [-0.39, 0.29) is 29.4 Å². The SMILES string of the molecule is CC(=O)c1ccc2c(c1)C(c1ccccc1)C1CN(c3ccccc3)C(=O)C1C2. The van der Waals surface area contributed by atoms with Gasteiger partial charge in [-0.1, -0.05) is 60.7 Å². The van der Waals surface area contributed by atoms with Crippen LogP contribution in [0.15, 0.2) is 78.9 Å². The average molecular weight is 381 g/mol. The Morgan fingerprint density at radius 3 is 2.31 bits per heavy atom. The zero-order valence-corrected chi connectivity index (χ0v) is 16.4. The van der Waals surface area contributed by atoms with Gasteiger partial charge in [0.25, 0.3) is 0 Å². The maximum absolute atomic E-state index is 13.4. The van der Waals surface area contributed by atoms with E-state index in [1.165, 1.54) is 16.7 Å². The molecular weight excluding hydrogens is 358 g/mol. The third-order valence-corrected chi connectivity index (χ3v) is 6.48. The quantitative estimate of drug-likeness (QED) is 0.608. The van der Waals surface area contributed by atoms with E-state index < -0.39 is 0 Å². The van der Waals surface area contributed by atoms with Gasteiger partial charge in [-0.3, -0.25) is 9.59 Å². The Labute approximate surface area is 171 Å². The molecule has 1 fully saturated rings. The Kier molecular flexibility index (Phi) is 4.31. The summed E-state index contributed by atoms with van der Waals surface area (Å²) < 4.78 is 0. The summed E-state index contributed by atoms with van der Waals surface area (Å²) in [5, 5.41) is 0. The topological polar surface area (TPSA) is 37.4 Å². The van der Waals surface area contributed by atoms with E-state index in [1.807, 2.05) is 47.4 Å². The molecule has 0 saturated carbocycles. The molecule has 3 nitrogen and oxygen atoms in total. The second-order valence-corrected chi connectivity index (χ2v) is 8.12. The molecule has 0 radical (unpaired) electrons. The number of para-hydroxylation sites is 1. The van der Waals surface area contributed by atoms with Gasteiger partial charge in [0.1, 0.15) is 0 Å². The predicted octanol–water partition coefficient (Wildman–Crippen LogP) is 4.86. The summed E-state index contributed by atoms with van der Waals surface area (Å²) in [5.41, 5.74) is 5.31. The molecule has 1 aliphatic heterocycles. The van der Waals surface area contributed by atoms with Crippen LogP contribution in [0.3, 0.4) is 0 Å². The van der Waals surface area contributed by atoms with Gasteiger partial charge in [-0.2, -0.15) is 0 Å². The fraction of sp³-hybridized carbons (Fsp3) is 0.231. The Balaban J connectivity index is 1.63. The Bertz CT molecular complexity index is 1070. The average Bonchev–Trinajstić information content (AvgIpc) is 3.09. The van der Waals surface area contributed by atoms with Crippen molar-refractivity contribution in [3.05, 3.63) is 101 Å². The van der Waals surface area contributed by atoms with E-state index in [2.05, 4.69) is 36.4 Å². The Morgan fingerprint density at radius 1 is 0.931 bits per heavy atom. The first-order valence-electron chi connectivity index (χ1n) is 10.2. The number of benzene rings is 3. The van der Waals surface area contributed by atoms with Crippen LogP contribution < -0.4 is 4.90 Å². The van der Waals surface area contributed by atoms with Gasteiger partial charge in [-0.05, 0) is 54.2 Å². The number of carbonyl (C=O) groups excluding carboxylic acids is 2. The van der Waals surface area contributed by atoms with Crippen molar-refractivity contribution in [2.75, 3.05) is 11.4 Å². The minimum Gasteiger partial charge on any atom is -0.312 e. The van der Waals surface area contributed by atoms with Crippen molar-refractivity contribution in [3.63, 3.8) is 0 Å². The zero-order chi connectivity index (χ0) is 20.0. The fourth-order valence-corrected chi connectivity index (χ4v) is 5.07. The lowest BCUT2D eigenvalue weighted by atomic mass is 9.67. The molecule has 1 saturated heterocycles. The minimum atomic E-state index is -0.0314. The summed E-state index contributed by atoms with van der Waals surface area (Å²) in [6.07, 6.45) is 0.740. The lowest BCUT2D eigenvalue weighted by Crippen LogP contribution is -2.31. The first-order valence-corrected chi connectivity index (χ1v) is 10.2. The highest BCUT2D eigenvalue weighted by Gasteiger charge is 2.48. The molecule has 1 aliphatic carbocycles. The highest BCUT2D eigenvalue weighted by molar-refractivity contribution is 5.98. The maximum atomic E-state index is 13.4. The van der Waals surface area contributed by atoms with Gasteiger partial charge < -0.3 is 4.90 Å². The molecule has 1 amide bonds. The largest absolute Gasteiger partial charge is 0.312 e. The van der Waals surface area contributed by atoms with Gasteiger partial charge >= 0.3 is 0 Å². The van der Waals surface area contributed by atoms with Gasteiger partial charge in [0.15, 0.2) is 5.78 Å². The normalized spacial score (nSPS) is 22.9. The third-order valence-electron chi connectivity index (χ3n) is 6.48. The molecule has 29 heavy (non-hydrogen) atoms. The second-order valence-electron chi connectivity index (χ2n) is 8.12. The van der Waals surface area contributed by atoms with Gasteiger partial charge in [-0.15, -0.1) is 0 Å². The summed E-state index contributed by atoms with van der Waals surface area (Å²) in [6, 6.07) is 26.4. The van der Waals surface area contributed by atoms with Crippen LogP contribution in [0, 0.1) is 11.8 Å². The molecule has 0 aromatic heterocycles. The molecule has 3 aromatic rings. The number of ketones is 1. The molecule has 3 aromatic carbocycles. The summed E-state index contributed by atoms with van der Waals surface area (Å²) in [7, 11) is 0. The number of hydrogen-bond donors (Lipinski definition) is 0. The molecule has 5 rings (SSSR count). The fourth-order valence-electron chi connectivity index (χ4n) is 5.07. The number of hydrogen-bond acceptors (Lipinski definition) is 2. The molecule has 0 bridgehead atoms. The summed E-state index contributed by atoms with van der Waals surface area (Å²) in [5.74, 6) is 0.566. The van der Waals surface area contributed by atoms with E-state index >= 15 is 0 Å². The van der Waals surface area contributed by atoms with Crippen LogP contribution in [0.1, 0.15) is 39.9 Å². The number of fused-ring (bicyclic) bond motifs is 2. The van der Waals surface area contributed by atoms with E-state index in [0.717, 1.165) is 17.7 Å². The maximum Gasteiger partial charge on any atom is 0.230 e. The molecule has 144 valence electrons. The molecule has 1 heterocycles. The van der Waals surface area contributed by atoms with Crippen LogP contribution in [0.25, 0.3) is 0 Å². The molecular formula is C26H23NO2. The van der Waals surface area contributed by atoms with Gasteiger partial charge in [0.2, 0.25) is 5.91 Å². The lowest BCUT2D eigenvalue weighted by molar-refractivity contribution is -0.121. The predicted molar refractivity (Wildman–Crippen MR) is 114 cm³/mol. The molecule has 0 N–H and O–H groups in total. The zero-order valence-electron chi connectivity index (χ0n) is 16.4. The third kappa shape index (κ3) is 2.98. The summed E-state index contributed by atoms with van der Waals surface area (Å²) >= 11 is 0. The Hall–Kier alpha value is -3.20. The van der Waals surface area contributed by atoms with E-state index in [1.54, 1.807) is 6.92 Å². The van der Waals surface area contributed by atoms with Crippen molar-refractivity contribution >= 4 is 17.4 Å². The Morgan fingerprint density at radius 2 is 1.62 bits per heavy atom. The van der Waals surface area contributed by atoms with Crippen LogP contribution in [0.2, 0.25) is 0 Å². The van der Waals surface area contributed by atoms with Gasteiger partial charge in [-0.25, -0.2) is 0 Å². The summed E-state index contributed by atoms with van der Waals surface area (Å²) in [6.45, 7) is 2.32. The van der Waals surface area contributed by atoms with Crippen molar-refractivity contribution in [1.82, 2.24) is 0 Å². The van der Waals surface area contributed by atoms with Crippen molar-refractivity contribution < 1.29 is 9.59 Å². The van der Waals surface area contributed by atoms with Crippen molar-refractivity contribution in [2.24, 2.45) is 11.8 Å². The second kappa shape index (κ2) is 7.00. The number of Topliss-reactive ketones (excluding diaryl/α,β-unsaturated/α-hetero) is 1. The van der Waals surface area contributed by atoms with Crippen molar-refractivity contribution in [3.8, 4) is 0 Å². The minimum absolute atomic E-state index is 0.0314. The van der Waals surface area contributed by atoms with Gasteiger partial charge in [0.05, 0.1) is 0 Å². The summed E-state index contributed by atoms with van der Waals surface area (Å²) in [4.78, 5) is 27.4. The van der Waals surface area contributed by atoms with E-state index in [0.29, 0.717) is 6.54 Å². The van der Waals surface area contributed by atoms with Crippen molar-refractivity contribution in [2.45, 2.75) is 19.3 Å². The number of amides is 1. The first-order chi connectivity index (χ1) is 14.1. The van der Waals surface area contributed by atoms with Crippen molar-refractivity contribution in [1.29, 1.82) is 0 Å². The van der Waals surface area contributed by atoms with Crippen LogP contribution in [0.5, 0.6) is 0 Å². The first kappa shape index (κ1) is 17.9. The number of anilines is 1. The smallest absolute Gasteiger partial charge is 0.230 e. The highest BCUT2D eigenvalue weighted by atomic mass is 16.2. The molecule has 3 unspecified atom stereocenters. The monoisotopic (exact) mass is 381 g/mol. The number of rotatable bonds is 3. The molecule has 3 heteroatoms. The van der Waals surface area contributed by atoms with Gasteiger partial charge in [0, 0.05) is 29.6 Å². The van der Waals surface area contributed by atoms with Crippen LogP contribution in [-0.2, 0) is 11.2 Å².